The van der Waals surface area contributed by atoms with Crippen LogP contribution >= 0.6 is 0 Å². The molecule has 0 saturated heterocycles. The second-order valence-electron chi connectivity index (χ2n) is 4.57. The van der Waals surface area contributed by atoms with Crippen LogP contribution in [0.25, 0.3) is 0 Å². The molecule has 0 aromatic heterocycles. The molecule has 0 aliphatic heterocycles. The predicted octanol–water partition coefficient (Wildman–Crippen LogP) is 0.250. The van der Waals surface area contributed by atoms with Gasteiger partial charge in [0, 0.05) is 0 Å². The summed E-state index contributed by atoms with van der Waals surface area (Å²) in [6, 6.07) is 6.59. The van der Waals surface area contributed by atoms with Crippen LogP contribution in [0.5, 0.6) is 5.75 Å². The van der Waals surface area contributed by atoms with E-state index in [0.29, 0.717) is 5.75 Å². The minimum absolute atomic E-state index is 0.0510. The number of ether oxygens (including phenoxy) is 1. The lowest BCUT2D eigenvalue weighted by molar-refractivity contribution is 0.0997. The number of rotatable bonds is 6. The SMILES string of the molecule is NC(=O)c1ccccc1OCC#CCNS(=O)(=O)C1CC1. The number of hydrogen-bond donors (Lipinski definition) is 2. The summed E-state index contributed by atoms with van der Waals surface area (Å²) < 4.78 is 30.8. The van der Waals surface area contributed by atoms with E-state index in [1.807, 2.05) is 0 Å². The third kappa shape index (κ3) is 4.48. The topological polar surface area (TPSA) is 98.5 Å². The maximum Gasteiger partial charge on any atom is 0.252 e. The van der Waals surface area contributed by atoms with E-state index in [4.69, 9.17) is 10.5 Å². The van der Waals surface area contributed by atoms with E-state index < -0.39 is 15.9 Å². The Bertz CT molecular complexity index is 684. The summed E-state index contributed by atoms with van der Waals surface area (Å²) in [5.74, 6) is 5.13. The summed E-state index contributed by atoms with van der Waals surface area (Å²) in [6.45, 7) is 0.106. The van der Waals surface area contributed by atoms with Crippen LogP contribution < -0.4 is 15.2 Å². The number of carbonyl (C=O) groups excluding carboxylic acids is 1. The molecule has 7 heteroatoms. The highest BCUT2D eigenvalue weighted by atomic mass is 32.2. The molecule has 0 bridgehead atoms. The van der Waals surface area contributed by atoms with Gasteiger partial charge in [-0.1, -0.05) is 24.0 Å². The second-order valence-corrected chi connectivity index (χ2v) is 6.61. The molecule has 1 aliphatic carbocycles. The van der Waals surface area contributed by atoms with Crippen molar-refractivity contribution in [3.05, 3.63) is 29.8 Å². The van der Waals surface area contributed by atoms with E-state index in [9.17, 15) is 13.2 Å². The van der Waals surface area contributed by atoms with Crippen LogP contribution in [0.4, 0.5) is 0 Å². The number of hydrogen-bond acceptors (Lipinski definition) is 4. The Morgan fingerprint density at radius 1 is 1.33 bits per heavy atom. The number of benzene rings is 1. The monoisotopic (exact) mass is 308 g/mol. The second kappa shape index (κ2) is 6.61. The number of para-hydroxylation sites is 1. The van der Waals surface area contributed by atoms with Gasteiger partial charge in [-0.15, -0.1) is 0 Å². The summed E-state index contributed by atoms with van der Waals surface area (Å²) in [6.07, 6.45) is 1.44. The zero-order chi connectivity index (χ0) is 15.3. The van der Waals surface area contributed by atoms with Crippen LogP contribution in [-0.2, 0) is 10.0 Å². The summed E-state index contributed by atoms with van der Waals surface area (Å²) in [5.41, 5.74) is 5.50. The molecule has 2 rings (SSSR count). The van der Waals surface area contributed by atoms with Crippen molar-refractivity contribution in [1.29, 1.82) is 0 Å². The van der Waals surface area contributed by atoms with Crippen molar-refractivity contribution >= 4 is 15.9 Å². The van der Waals surface area contributed by atoms with Crippen LogP contribution in [0, 0.1) is 11.8 Å². The van der Waals surface area contributed by atoms with Crippen molar-refractivity contribution < 1.29 is 17.9 Å². The first kappa shape index (κ1) is 15.4. The maximum absolute atomic E-state index is 11.5. The molecule has 0 radical (unpaired) electrons. The average Bonchev–Trinajstić information content (AvgIpc) is 3.28. The molecule has 1 amide bonds. The molecule has 3 N–H and O–H groups in total. The molecular formula is C14H16N2O4S. The van der Waals surface area contributed by atoms with E-state index in [-0.39, 0.29) is 24.0 Å². The first-order chi connectivity index (χ1) is 10.0. The fourth-order valence-corrected chi connectivity index (χ4v) is 2.92. The van der Waals surface area contributed by atoms with E-state index in [1.165, 1.54) is 0 Å². The van der Waals surface area contributed by atoms with Gasteiger partial charge in [-0.25, -0.2) is 13.1 Å². The lowest BCUT2D eigenvalue weighted by Crippen LogP contribution is -2.27. The third-order valence-corrected chi connectivity index (χ3v) is 4.80. The molecule has 1 aromatic carbocycles. The Morgan fingerprint density at radius 2 is 2.05 bits per heavy atom. The molecule has 0 heterocycles. The molecule has 0 unspecified atom stereocenters. The molecule has 1 fully saturated rings. The van der Waals surface area contributed by atoms with Gasteiger partial charge in [0.15, 0.2) is 0 Å². The van der Waals surface area contributed by atoms with Crippen molar-refractivity contribution in [2.24, 2.45) is 5.73 Å². The van der Waals surface area contributed by atoms with Crippen molar-refractivity contribution in [3.63, 3.8) is 0 Å². The van der Waals surface area contributed by atoms with E-state index in [2.05, 4.69) is 16.6 Å². The van der Waals surface area contributed by atoms with Crippen molar-refractivity contribution in [2.75, 3.05) is 13.2 Å². The smallest absolute Gasteiger partial charge is 0.252 e. The summed E-state index contributed by atoms with van der Waals surface area (Å²) in [7, 11) is -3.20. The summed E-state index contributed by atoms with van der Waals surface area (Å²) in [5, 5.41) is -0.252. The number of nitrogens with two attached hydrogens (primary N) is 1. The zero-order valence-corrected chi connectivity index (χ0v) is 12.2. The third-order valence-electron chi connectivity index (χ3n) is 2.90. The molecule has 21 heavy (non-hydrogen) atoms. The Morgan fingerprint density at radius 3 is 2.71 bits per heavy atom. The first-order valence-corrected chi connectivity index (χ1v) is 8.01. The largest absolute Gasteiger partial charge is 0.480 e. The van der Waals surface area contributed by atoms with Gasteiger partial charge >= 0.3 is 0 Å². The first-order valence-electron chi connectivity index (χ1n) is 6.46. The minimum atomic E-state index is -3.20. The molecule has 1 aliphatic rings. The number of nitrogens with one attached hydrogen (secondary N) is 1. The van der Waals surface area contributed by atoms with Gasteiger partial charge in [0.25, 0.3) is 5.91 Å². The molecule has 112 valence electrons. The molecular weight excluding hydrogens is 292 g/mol. The lowest BCUT2D eigenvalue weighted by Gasteiger charge is -2.05. The Kier molecular flexibility index (Phi) is 4.83. The molecule has 6 nitrogen and oxygen atoms in total. The number of amides is 1. The number of primary amides is 1. The van der Waals surface area contributed by atoms with Gasteiger partial charge in [-0.2, -0.15) is 0 Å². The maximum atomic E-state index is 11.5. The molecule has 1 saturated carbocycles. The van der Waals surface area contributed by atoms with Gasteiger partial charge in [-0.3, -0.25) is 4.79 Å². The minimum Gasteiger partial charge on any atom is -0.480 e. The lowest BCUT2D eigenvalue weighted by atomic mass is 10.2. The average molecular weight is 308 g/mol. The number of carbonyl (C=O) groups is 1. The van der Waals surface area contributed by atoms with E-state index in [1.54, 1.807) is 24.3 Å². The van der Waals surface area contributed by atoms with Crippen LogP contribution in [-0.4, -0.2) is 32.7 Å². The van der Waals surface area contributed by atoms with Crippen LogP contribution in [0.15, 0.2) is 24.3 Å². The predicted molar refractivity (Wildman–Crippen MR) is 78.2 cm³/mol. The highest BCUT2D eigenvalue weighted by Crippen LogP contribution is 2.27. The highest BCUT2D eigenvalue weighted by molar-refractivity contribution is 7.90. The van der Waals surface area contributed by atoms with Crippen LogP contribution in [0.2, 0.25) is 0 Å². The van der Waals surface area contributed by atoms with Crippen molar-refractivity contribution in [1.82, 2.24) is 4.72 Å². The summed E-state index contributed by atoms with van der Waals surface area (Å²) >= 11 is 0. The van der Waals surface area contributed by atoms with Crippen molar-refractivity contribution in [2.45, 2.75) is 18.1 Å². The quantitative estimate of drug-likeness (QED) is 0.736. The van der Waals surface area contributed by atoms with Crippen molar-refractivity contribution in [3.8, 4) is 17.6 Å². The normalized spacial score (nSPS) is 14.1. The van der Waals surface area contributed by atoms with Gasteiger partial charge in [-0.05, 0) is 25.0 Å². The zero-order valence-electron chi connectivity index (χ0n) is 11.3. The molecule has 0 spiro atoms. The standard InChI is InChI=1S/C14H16N2O4S/c15-14(17)12-5-1-2-6-13(12)20-10-4-3-9-16-21(18,19)11-7-8-11/h1-2,5-6,11,16H,7-10H2,(H2,15,17). The van der Waals surface area contributed by atoms with Gasteiger partial charge in [0.2, 0.25) is 10.0 Å². The van der Waals surface area contributed by atoms with Gasteiger partial charge in [0.05, 0.1) is 17.4 Å². The van der Waals surface area contributed by atoms with Crippen LogP contribution in [0.3, 0.4) is 0 Å². The van der Waals surface area contributed by atoms with Gasteiger partial charge < -0.3 is 10.5 Å². The Labute approximate surface area is 123 Å². The van der Waals surface area contributed by atoms with Crippen LogP contribution in [0.1, 0.15) is 23.2 Å². The van der Waals surface area contributed by atoms with Gasteiger partial charge in [0.1, 0.15) is 12.4 Å². The number of sulfonamides is 1. The summed E-state index contributed by atoms with van der Waals surface area (Å²) in [4.78, 5) is 11.2. The van der Waals surface area contributed by atoms with E-state index in [0.717, 1.165) is 12.8 Å². The molecule has 1 aromatic rings. The Balaban J connectivity index is 1.80. The fraction of sp³-hybridized carbons (Fsp3) is 0.357. The van der Waals surface area contributed by atoms with E-state index >= 15 is 0 Å². The Hall–Kier alpha value is -2.04. The highest BCUT2D eigenvalue weighted by Gasteiger charge is 2.34. The fourth-order valence-electron chi connectivity index (χ4n) is 1.66. The molecule has 0 atom stereocenters.